The molecule has 2 aromatic heterocycles. The van der Waals surface area contributed by atoms with Crippen LogP contribution in [0.15, 0.2) is 48.8 Å². The van der Waals surface area contributed by atoms with Crippen molar-refractivity contribution in [3.05, 3.63) is 60.2 Å². The molecule has 0 bridgehead atoms. The van der Waals surface area contributed by atoms with E-state index in [1.54, 1.807) is 24.5 Å². The van der Waals surface area contributed by atoms with Crippen molar-refractivity contribution in [3.8, 4) is 0 Å². The predicted octanol–water partition coefficient (Wildman–Crippen LogP) is 3.19. The van der Waals surface area contributed by atoms with Crippen LogP contribution in [0.2, 0.25) is 0 Å². The summed E-state index contributed by atoms with van der Waals surface area (Å²) in [6, 6.07) is 11.6. The van der Waals surface area contributed by atoms with Gasteiger partial charge >= 0.3 is 0 Å². The Hall–Kier alpha value is -3.22. The summed E-state index contributed by atoms with van der Waals surface area (Å²) >= 11 is 0. The van der Waals surface area contributed by atoms with Gasteiger partial charge < -0.3 is 14.8 Å². The summed E-state index contributed by atoms with van der Waals surface area (Å²) in [5.41, 5.74) is 2.48. The van der Waals surface area contributed by atoms with E-state index in [0.717, 1.165) is 42.7 Å². The second-order valence-electron chi connectivity index (χ2n) is 8.13. The van der Waals surface area contributed by atoms with Crippen LogP contribution in [0.4, 0.5) is 0 Å². The summed E-state index contributed by atoms with van der Waals surface area (Å²) in [5.74, 6) is 0.935. The Kier molecular flexibility index (Phi) is 6.60. The summed E-state index contributed by atoms with van der Waals surface area (Å²) in [6.07, 6.45) is 7.98. The van der Waals surface area contributed by atoms with Crippen LogP contribution in [-0.4, -0.2) is 50.4 Å². The molecule has 4 rings (SSSR count). The lowest BCUT2D eigenvalue weighted by Crippen LogP contribution is -2.43. The van der Waals surface area contributed by atoms with Crippen LogP contribution in [0, 0.1) is 0 Å². The standard InChI is InChI=1S/C24H29N5O2/c1-18-7-4-5-16-28(18)23(30)17-29-21-9-3-2-8-20(21)27-22(29)10-6-13-26-24(31)19-11-14-25-15-12-19/h2-3,8-9,11-12,14-15,18H,4-7,10,13,16-17H2,1H3,(H,26,31). The van der Waals surface area contributed by atoms with Crippen molar-refractivity contribution in [1.29, 1.82) is 0 Å². The minimum atomic E-state index is -0.106. The van der Waals surface area contributed by atoms with Crippen molar-refractivity contribution >= 4 is 22.8 Å². The number of aryl methyl sites for hydroxylation is 1. The number of hydrogen-bond acceptors (Lipinski definition) is 4. The Morgan fingerprint density at radius 1 is 1.13 bits per heavy atom. The van der Waals surface area contributed by atoms with Gasteiger partial charge in [0.25, 0.3) is 5.91 Å². The number of hydrogen-bond donors (Lipinski definition) is 1. The second kappa shape index (κ2) is 9.73. The van der Waals surface area contributed by atoms with E-state index in [2.05, 4.69) is 17.2 Å². The first-order valence-corrected chi connectivity index (χ1v) is 11.1. The van der Waals surface area contributed by atoms with Crippen LogP contribution in [0.25, 0.3) is 11.0 Å². The topological polar surface area (TPSA) is 80.1 Å². The molecule has 1 aliphatic heterocycles. The highest BCUT2D eigenvalue weighted by molar-refractivity contribution is 5.93. The van der Waals surface area contributed by atoms with Gasteiger partial charge in [0.2, 0.25) is 5.91 Å². The molecule has 1 atom stereocenters. The Morgan fingerprint density at radius 2 is 1.94 bits per heavy atom. The SMILES string of the molecule is CC1CCCCN1C(=O)Cn1c(CCCNC(=O)c2ccncc2)nc2ccccc21. The molecule has 0 radical (unpaired) electrons. The maximum absolute atomic E-state index is 13.1. The zero-order valence-corrected chi connectivity index (χ0v) is 18.0. The van der Waals surface area contributed by atoms with Gasteiger partial charge in [-0.1, -0.05) is 12.1 Å². The van der Waals surface area contributed by atoms with E-state index in [-0.39, 0.29) is 11.8 Å². The number of rotatable bonds is 7. The fraction of sp³-hybridized carbons (Fsp3) is 0.417. The van der Waals surface area contributed by atoms with Crippen molar-refractivity contribution in [1.82, 2.24) is 24.8 Å². The van der Waals surface area contributed by atoms with Crippen LogP contribution in [0.1, 0.15) is 48.8 Å². The first kappa shape index (κ1) is 21.0. The van der Waals surface area contributed by atoms with Gasteiger partial charge in [-0.25, -0.2) is 4.98 Å². The number of aromatic nitrogens is 3. The third-order valence-corrected chi connectivity index (χ3v) is 5.96. The molecule has 1 fully saturated rings. The molecule has 162 valence electrons. The molecule has 1 aliphatic rings. The summed E-state index contributed by atoms with van der Waals surface area (Å²) in [4.78, 5) is 36.0. The number of nitrogens with zero attached hydrogens (tertiary/aromatic N) is 4. The fourth-order valence-electron chi connectivity index (χ4n) is 4.24. The van der Waals surface area contributed by atoms with Gasteiger partial charge in [0.05, 0.1) is 11.0 Å². The first-order valence-electron chi connectivity index (χ1n) is 11.1. The van der Waals surface area contributed by atoms with Gasteiger partial charge in [-0.2, -0.15) is 0 Å². The zero-order valence-electron chi connectivity index (χ0n) is 18.0. The van der Waals surface area contributed by atoms with E-state index >= 15 is 0 Å². The molecule has 0 saturated carbocycles. The summed E-state index contributed by atoms with van der Waals surface area (Å²) in [7, 11) is 0. The van der Waals surface area contributed by atoms with Gasteiger partial charge in [0, 0.05) is 43.5 Å². The van der Waals surface area contributed by atoms with Crippen molar-refractivity contribution in [2.45, 2.75) is 51.6 Å². The van der Waals surface area contributed by atoms with Crippen LogP contribution >= 0.6 is 0 Å². The Balaban J connectivity index is 1.42. The van der Waals surface area contributed by atoms with Gasteiger partial charge in [-0.15, -0.1) is 0 Å². The molecular weight excluding hydrogens is 390 g/mol. The van der Waals surface area contributed by atoms with Crippen LogP contribution < -0.4 is 5.32 Å². The molecule has 1 N–H and O–H groups in total. The van der Waals surface area contributed by atoms with Gasteiger partial charge in [-0.3, -0.25) is 14.6 Å². The average molecular weight is 420 g/mol. The molecule has 1 aromatic carbocycles. The molecule has 2 amide bonds. The third-order valence-electron chi connectivity index (χ3n) is 5.96. The van der Waals surface area contributed by atoms with E-state index in [9.17, 15) is 9.59 Å². The summed E-state index contributed by atoms with van der Waals surface area (Å²) in [5, 5.41) is 2.94. The fourth-order valence-corrected chi connectivity index (χ4v) is 4.24. The second-order valence-corrected chi connectivity index (χ2v) is 8.13. The Labute approximate surface area is 182 Å². The largest absolute Gasteiger partial charge is 0.352 e. The van der Waals surface area contributed by atoms with E-state index in [0.29, 0.717) is 31.1 Å². The summed E-state index contributed by atoms with van der Waals surface area (Å²) in [6.45, 7) is 3.82. The molecular formula is C24H29N5O2. The molecule has 0 aliphatic carbocycles. The molecule has 3 aromatic rings. The molecule has 3 heterocycles. The summed E-state index contributed by atoms with van der Waals surface area (Å²) < 4.78 is 2.05. The van der Waals surface area contributed by atoms with Crippen molar-refractivity contribution in [3.63, 3.8) is 0 Å². The number of imidazole rings is 1. The van der Waals surface area contributed by atoms with Crippen LogP contribution in [-0.2, 0) is 17.8 Å². The van der Waals surface area contributed by atoms with E-state index in [1.807, 2.05) is 33.7 Å². The third kappa shape index (κ3) is 4.93. The van der Waals surface area contributed by atoms with Crippen LogP contribution in [0.5, 0.6) is 0 Å². The normalized spacial score (nSPS) is 16.4. The maximum Gasteiger partial charge on any atom is 0.251 e. The number of carbonyl (C=O) groups is 2. The quantitative estimate of drug-likeness (QED) is 0.597. The lowest BCUT2D eigenvalue weighted by atomic mass is 10.0. The molecule has 1 unspecified atom stereocenters. The van der Waals surface area contributed by atoms with Crippen LogP contribution in [0.3, 0.4) is 0 Å². The van der Waals surface area contributed by atoms with E-state index in [1.165, 1.54) is 6.42 Å². The Bertz CT molecular complexity index is 1050. The van der Waals surface area contributed by atoms with Gasteiger partial charge in [-0.05, 0) is 56.9 Å². The first-order chi connectivity index (χ1) is 15.1. The smallest absolute Gasteiger partial charge is 0.251 e. The number of benzene rings is 1. The number of pyridine rings is 1. The van der Waals surface area contributed by atoms with Crippen molar-refractivity contribution < 1.29 is 9.59 Å². The average Bonchev–Trinajstić information content (AvgIpc) is 3.14. The lowest BCUT2D eigenvalue weighted by molar-refractivity contribution is -0.135. The van der Waals surface area contributed by atoms with E-state index < -0.39 is 0 Å². The zero-order chi connectivity index (χ0) is 21.6. The monoisotopic (exact) mass is 419 g/mol. The number of piperidine rings is 1. The highest BCUT2D eigenvalue weighted by Crippen LogP contribution is 2.20. The molecule has 7 nitrogen and oxygen atoms in total. The Morgan fingerprint density at radius 3 is 2.74 bits per heavy atom. The number of nitrogens with one attached hydrogen (secondary N) is 1. The molecule has 0 spiro atoms. The number of likely N-dealkylation sites (tertiary alicyclic amines) is 1. The van der Waals surface area contributed by atoms with Crippen molar-refractivity contribution in [2.75, 3.05) is 13.1 Å². The lowest BCUT2D eigenvalue weighted by Gasteiger charge is -2.33. The number of para-hydroxylation sites is 2. The maximum atomic E-state index is 13.1. The number of fused-ring (bicyclic) bond motifs is 1. The highest BCUT2D eigenvalue weighted by atomic mass is 16.2. The minimum Gasteiger partial charge on any atom is -0.352 e. The minimum absolute atomic E-state index is 0.106. The van der Waals surface area contributed by atoms with Gasteiger partial charge in [0.15, 0.2) is 0 Å². The molecule has 31 heavy (non-hydrogen) atoms. The number of amides is 2. The van der Waals surface area contributed by atoms with E-state index in [4.69, 9.17) is 4.98 Å². The predicted molar refractivity (Wildman–Crippen MR) is 120 cm³/mol. The molecule has 1 saturated heterocycles. The number of carbonyl (C=O) groups excluding carboxylic acids is 2. The highest BCUT2D eigenvalue weighted by Gasteiger charge is 2.24. The van der Waals surface area contributed by atoms with Gasteiger partial charge in [0.1, 0.15) is 12.4 Å². The van der Waals surface area contributed by atoms with Crippen molar-refractivity contribution in [2.24, 2.45) is 0 Å². The molecule has 7 heteroatoms.